The number of hydrogen-bond donors (Lipinski definition) is 2. The fourth-order valence-electron chi connectivity index (χ4n) is 0.823. The van der Waals surface area contributed by atoms with Gasteiger partial charge in [0.25, 0.3) is 0 Å². The molecule has 12 heavy (non-hydrogen) atoms. The van der Waals surface area contributed by atoms with Crippen molar-refractivity contribution < 1.29 is 8.42 Å². The van der Waals surface area contributed by atoms with Gasteiger partial charge in [0.2, 0.25) is 0 Å². The summed E-state index contributed by atoms with van der Waals surface area (Å²) in [6.07, 6.45) is 2.90. The van der Waals surface area contributed by atoms with E-state index in [4.69, 9.17) is 0 Å². The summed E-state index contributed by atoms with van der Waals surface area (Å²) in [6, 6.07) is 0. The molecule has 0 aliphatic carbocycles. The van der Waals surface area contributed by atoms with E-state index in [9.17, 15) is 8.42 Å². The molecule has 0 spiro atoms. The number of nitrogens with zero attached hydrogens (tertiary/aromatic N) is 2. The second kappa shape index (κ2) is 2.39. The van der Waals surface area contributed by atoms with Crippen molar-refractivity contribution >= 4 is 16.0 Å². The summed E-state index contributed by atoms with van der Waals surface area (Å²) in [7, 11) is -3.45. The molecule has 2 heterocycles. The molecule has 1 aromatic rings. The molecule has 0 aromatic carbocycles. The Balaban J connectivity index is 2.48. The van der Waals surface area contributed by atoms with Crippen LogP contribution in [0.15, 0.2) is 12.4 Å². The lowest BCUT2D eigenvalue weighted by Gasteiger charge is -2.15. The summed E-state index contributed by atoms with van der Waals surface area (Å²) in [5, 5.41) is 0. The summed E-state index contributed by atoms with van der Waals surface area (Å²) in [4.78, 5) is 7.67. The molecule has 1 radical (unpaired) electrons. The predicted octanol–water partition coefficient (Wildman–Crippen LogP) is -0.754. The van der Waals surface area contributed by atoms with Crippen LogP contribution in [0.3, 0.4) is 0 Å². The van der Waals surface area contributed by atoms with E-state index >= 15 is 0 Å². The van der Waals surface area contributed by atoms with Crippen molar-refractivity contribution in [3.05, 3.63) is 24.6 Å². The van der Waals surface area contributed by atoms with Crippen molar-refractivity contribution in [3.63, 3.8) is 0 Å². The van der Waals surface area contributed by atoms with Crippen LogP contribution < -0.4 is 9.44 Å². The summed E-state index contributed by atoms with van der Waals surface area (Å²) in [5.41, 5.74) is 0.479. The molecule has 0 fully saturated rings. The van der Waals surface area contributed by atoms with Crippen molar-refractivity contribution in [1.82, 2.24) is 14.7 Å². The smallest absolute Gasteiger partial charge is 0.254 e. The van der Waals surface area contributed by atoms with Gasteiger partial charge in [-0.05, 0) is 0 Å². The number of hydrogen-bond acceptors (Lipinski definition) is 4. The quantitative estimate of drug-likeness (QED) is 0.556. The maximum absolute atomic E-state index is 10.9. The Morgan fingerprint density at radius 3 is 2.83 bits per heavy atom. The Morgan fingerprint density at radius 1 is 1.25 bits per heavy atom. The maximum atomic E-state index is 10.9. The molecule has 63 valence electrons. The number of anilines is 1. The van der Waals surface area contributed by atoms with Crippen LogP contribution in [0.4, 0.5) is 5.82 Å². The summed E-state index contributed by atoms with van der Waals surface area (Å²) >= 11 is 0. The molecule has 0 amide bonds. The molecule has 2 rings (SSSR count). The van der Waals surface area contributed by atoms with E-state index in [0.29, 0.717) is 5.69 Å². The number of nitrogens with one attached hydrogen (secondary N) is 2. The largest absolute Gasteiger partial charge is 0.301 e. The Kier molecular flexibility index (Phi) is 1.48. The van der Waals surface area contributed by atoms with Crippen LogP contribution in [0.25, 0.3) is 0 Å². The van der Waals surface area contributed by atoms with Crippen LogP contribution in [-0.4, -0.2) is 18.4 Å². The van der Waals surface area contributed by atoms with Crippen LogP contribution in [0.1, 0.15) is 5.69 Å². The summed E-state index contributed by atoms with van der Waals surface area (Å²) in [5.74, 6) is 0.247. The zero-order valence-corrected chi connectivity index (χ0v) is 6.67. The number of aromatic nitrogens is 2. The normalized spacial score (nSPS) is 19.3. The van der Waals surface area contributed by atoms with Crippen molar-refractivity contribution in [2.75, 3.05) is 4.72 Å². The highest BCUT2D eigenvalue weighted by Gasteiger charge is 2.20. The molecule has 1 aliphatic heterocycles. The van der Waals surface area contributed by atoms with Gasteiger partial charge < -0.3 is 0 Å². The fourth-order valence-corrected chi connectivity index (χ4v) is 1.56. The Morgan fingerprint density at radius 2 is 2.00 bits per heavy atom. The van der Waals surface area contributed by atoms with Crippen LogP contribution in [0.2, 0.25) is 0 Å². The fraction of sp³-hybridized carbons (Fsp3) is 0. The van der Waals surface area contributed by atoms with Gasteiger partial charge in [0.05, 0.1) is 6.54 Å². The van der Waals surface area contributed by atoms with Gasteiger partial charge in [-0.2, -0.15) is 13.1 Å². The van der Waals surface area contributed by atoms with Crippen molar-refractivity contribution in [2.45, 2.75) is 0 Å². The van der Waals surface area contributed by atoms with Crippen LogP contribution in [-0.2, 0) is 10.2 Å². The molecule has 0 unspecified atom stereocenters. The molecule has 1 aromatic heterocycles. The van der Waals surface area contributed by atoms with Crippen molar-refractivity contribution in [1.29, 1.82) is 0 Å². The lowest BCUT2D eigenvalue weighted by atomic mass is 10.4. The van der Waals surface area contributed by atoms with Gasteiger partial charge >= 0.3 is 10.2 Å². The molecule has 6 nitrogen and oxygen atoms in total. The van der Waals surface area contributed by atoms with E-state index in [1.165, 1.54) is 18.9 Å². The zero-order chi connectivity index (χ0) is 8.60. The summed E-state index contributed by atoms with van der Waals surface area (Å²) < 4.78 is 26.1. The van der Waals surface area contributed by atoms with Crippen molar-refractivity contribution in [2.24, 2.45) is 0 Å². The Bertz CT molecular complexity index is 402. The zero-order valence-electron chi connectivity index (χ0n) is 5.85. The third kappa shape index (κ3) is 1.23. The van der Waals surface area contributed by atoms with Gasteiger partial charge in [-0.1, -0.05) is 0 Å². The highest BCUT2D eigenvalue weighted by Crippen LogP contribution is 2.14. The van der Waals surface area contributed by atoms with E-state index in [0.717, 1.165) is 0 Å². The van der Waals surface area contributed by atoms with E-state index in [2.05, 4.69) is 19.4 Å². The Labute approximate surface area is 69.2 Å². The number of fused-ring (bicyclic) bond motifs is 1. The third-order valence-electron chi connectivity index (χ3n) is 1.31. The molecule has 0 bridgehead atoms. The minimum absolute atomic E-state index is 0.247. The molecule has 1 aliphatic rings. The first-order valence-electron chi connectivity index (χ1n) is 3.12. The molecule has 0 atom stereocenters. The van der Waals surface area contributed by atoms with Gasteiger partial charge in [-0.3, -0.25) is 9.71 Å². The molecule has 0 saturated carbocycles. The first-order chi connectivity index (χ1) is 5.67. The second-order valence-corrected chi connectivity index (χ2v) is 3.60. The van der Waals surface area contributed by atoms with Crippen LogP contribution in [0, 0.1) is 6.54 Å². The lowest BCUT2D eigenvalue weighted by Crippen LogP contribution is -2.34. The van der Waals surface area contributed by atoms with Crippen LogP contribution in [0.5, 0.6) is 0 Å². The molecule has 2 N–H and O–H groups in total. The minimum Gasteiger partial charge on any atom is -0.254 e. The Hall–Kier alpha value is -1.21. The average Bonchev–Trinajstić information content (AvgIpc) is 2.02. The third-order valence-corrected chi connectivity index (χ3v) is 2.20. The first-order valence-corrected chi connectivity index (χ1v) is 4.60. The predicted molar refractivity (Wildman–Crippen MR) is 41.1 cm³/mol. The molecular weight excluding hydrogens is 180 g/mol. The standard InChI is InChI=1S/C5H5N4O2S/c10-12(11)8-3-4-5(9-12)7-2-1-6-4/h1-3,8H,(H,7,9). The first kappa shape index (κ1) is 7.44. The SMILES string of the molecule is O=S1(=O)N[CH]c2nccnc2N1. The number of rotatable bonds is 0. The topological polar surface area (TPSA) is 84.0 Å². The molecule has 0 saturated heterocycles. The van der Waals surface area contributed by atoms with Crippen molar-refractivity contribution in [3.8, 4) is 0 Å². The maximum Gasteiger partial charge on any atom is 0.301 e. The minimum atomic E-state index is -3.45. The molecule has 7 heteroatoms. The van der Waals surface area contributed by atoms with Gasteiger partial charge in [-0.15, -0.1) is 0 Å². The molecular formula is C5H5N4O2S. The van der Waals surface area contributed by atoms with Gasteiger partial charge in [-0.25, -0.2) is 4.98 Å². The highest BCUT2D eigenvalue weighted by atomic mass is 32.2. The van der Waals surface area contributed by atoms with Gasteiger partial charge in [0.1, 0.15) is 5.69 Å². The van der Waals surface area contributed by atoms with E-state index < -0.39 is 10.2 Å². The highest BCUT2D eigenvalue weighted by molar-refractivity contribution is 7.90. The van der Waals surface area contributed by atoms with E-state index in [-0.39, 0.29) is 5.82 Å². The monoisotopic (exact) mass is 185 g/mol. The van der Waals surface area contributed by atoms with Crippen LogP contribution >= 0.6 is 0 Å². The summed E-state index contributed by atoms with van der Waals surface area (Å²) in [6.45, 7) is 1.29. The average molecular weight is 185 g/mol. The second-order valence-electron chi connectivity index (χ2n) is 2.16. The van der Waals surface area contributed by atoms with Gasteiger partial charge in [0.15, 0.2) is 5.82 Å². The van der Waals surface area contributed by atoms with Gasteiger partial charge in [0, 0.05) is 12.4 Å². The van der Waals surface area contributed by atoms with E-state index in [1.54, 1.807) is 0 Å². The van der Waals surface area contributed by atoms with E-state index in [1.807, 2.05) is 0 Å². The lowest BCUT2D eigenvalue weighted by molar-refractivity contribution is 0.592.